The summed E-state index contributed by atoms with van der Waals surface area (Å²) in [4.78, 5) is 34.0. The van der Waals surface area contributed by atoms with E-state index in [4.69, 9.17) is 5.11 Å². The number of aliphatic carboxylic acids is 1. The molecule has 1 aliphatic heterocycles. The molecule has 1 rings (SSSR count). The van der Waals surface area contributed by atoms with Gasteiger partial charge in [0.05, 0.1) is 6.54 Å². The maximum atomic E-state index is 11.4. The van der Waals surface area contributed by atoms with E-state index in [0.29, 0.717) is 0 Å². The van der Waals surface area contributed by atoms with Crippen LogP contribution >= 0.6 is 0 Å². The molecule has 0 aliphatic carbocycles. The van der Waals surface area contributed by atoms with Gasteiger partial charge in [0.2, 0.25) is 11.8 Å². The van der Waals surface area contributed by atoms with Crippen LogP contribution in [0.2, 0.25) is 0 Å². The van der Waals surface area contributed by atoms with Crippen LogP contribution in [0.1, 0.15) is 12.8 Å². The Balaban J connectivity index is 2.53. The number of hydrogen-bond acceptors (Lipinski definition) is 3. The van der Waals surface area contributed by atoms with Gasteiger partial charge in [-0.05, 0) is 6.42 Å². The van der Waals surface area contributed by atoms with Crippen LogP contribution in [0, 0.1) is 0 Å². The largest absolute Gasteiger partial charge is 0.481 e. The minimum atomic E-state index is -0.972. The van der Waals surface area contributed by atoms with Crippen molar-refractivity contribution in [1.29, 1.82) is 0 Å². The molecule has 14 heavy (non-hydrogen) atoms. The Labute approximate surface area is 80.9 Å². The highest BCUT2D eigenvalue weighted by molar-refractivity contribution is 5.94. The van der Waals surface area contributed by atoms with Crippen LogP contribution < -0.4 is 5.32 Å². The van der Waals surface area contributed by atoms with Gasteiger partial charge in [0.25, 0.3) is 0 Å². The molecule has 1 aliphatic rings. The van der Waals surface area contributed by atoms with E-state index in [2.05, 4.69) is 5.32 Å². The first-order chi connectivity index (χ1) is 6.50. The molecule has 0 unspecified atom stereocenters. The molecule has 0 aromatic heterocycles. The number of rotatable bonds is 3. The smallest absolute Gasteiger partial charge is 0.303 e. The van der Waals surface area contributed by atoms with Crippen LogP contribution in [0.5, 0.6) is 0 Å². The second kappa shape index (κ2) is 4.08. The Morgan fingerprint density at radius 3 is 2.86 bits per heavy atom. The highest BCUT2D eigenvalue weighted by Crippen LogP contribution is 2.05. The SMILES string of the molecule is CN1CC(=O)N[C@H](CCC(=O)O)C1=O. The summed E-state index contributed by atoms with van der Waals surface area (Å²) in [5.74, 6) is -1.45. The standard InChI is InChI=1S/C8H12N2O4/c1-10-4-6(11)9-5(8(10)14)2-3-7(12)13/h5H,2-4H2,1H3,(H,9,11)(H,12,13)/t5-/m1/s1. The summed E-state index contributed by atoms with van der Waals surface area (Å²) in [7, 11) is 1.52. The molecule has 1 saturated heterocycles. The maximum Gasteiger partial charge on any atom is 0.303 e. The van der Waals surface area contributed by atoms with Gasteiger partial charge in [-0.1, -0.05) is 0 Å². The van der Waals surface area contributed by atoms with Gasteiger partial charge in [-0.25, -0.2) is 0 Å². The second-order valence-corrected chi connectivity index (χ2v) is 3.25. The molecular weight excluding hydrogens is 188 g/mol. The highest BCUT2D eigenvalue weighted by Gasteiger charge is 2.30. The van der Waals surface area contributed by atoms with Gasteiger partial charge < -0.3 is 15.3 Å². The van der Waals surface area contributed by atoms with Crippen molar-refractivity contribution >= 4 is 17.8 Å². The van der Waals surface area contributed by atoms with E-state index in [1.807, 2.05) is 0 Å². The van der Waals surface area contributed by atoms with Gasteiger partial charge in [0.1, 0.15) is 6.04 Å². The van der Waals surface area contributed by atoms with Crippen molar-refractivity contribution in [3.8, 4) is 0 Å². The molecule has 2 amide bonds. The number of carbonyl (C=O) groups excluding carboxylic acids is 2. The Morgan fingerprint density at radius 2 is 2.29 bits per heavy atom. The molecular formula is C8H12N2O4. The molecule has 1 fully saturated rings. The third kappa shape index (κ3) is 2.45. The zero-order valence-electron chi connectivity index (χ0n) is 7.82. The lowest BCUT2D eigenvalue weighted by Gasteiger charge is -2.29. The number of carboxylic acids is 1. The summed E-state index contributed by atoms with van der Waals surface area (Å²) < 4.78 is 0. The number of amides is 2. The lowest BCUT2D eigenvalue weighted by atomic mass is 10.1. The van der Waals surface area contributed by atoms with Gasteiger partial charge in [-0.2, -0.15) is 0 Å². The maximum absolute atomic E-state index is 11.4. The van der Waals surface area contributed by atoms with Gasteiger partial charge in [-0.15, -0.1) is 0 Å². The number of carboxylic acid groups (broad SMARTS) is 1. The van der Waals surface area contributed by atoms with Crippen molar-refractivity contribution in [3.63, 3.8) is 0 Å². The van der Waals surface area contributed by atoms with E-state index in [1.54, 1.807) is 0 Å². The van der Waals surface area contributed by atoms with E-state index in [1.165, 1.54) is 11.9 Å². The minimum Gasteiger partial charge on any atom is -0.481 e. The summed E-state index contributed by atoms with van der Waals surface area (Å²) in [6.07, 6.45) is 0.0226. The van der Waals surface area contributed by atoms with Gasteiger partial charge in [0, 0.05) is 13.5 Å². The van der Waals surface area contributed by atoms with Gasteiger partial charge in [0.15, 0.2) is 0 Å². The molecule has 78 valence electrons. The fourth-order valence-corrected chi connectivity index (χ4v) is 1.32. The van der Waals surface area contributed by atoms with Crippen molar-refractivity contribution in [2.45, 2.75) is 18.9 Å². The summed E-state index contributed by atoms with van der Waals surface area (Å²) in [6, 6.07) is -0.683. The number of nitrogens with one attached hydrogen (secondary N) is 1. The summed E-state index contributed by atoms with van der Waals surface area (Å²) in [5, 5.41) is 10.9. The zero-order chi connectivity index (χ0) is 10.7. The van der Waals surface area contributed by atoms with E-state index in [0.717, 1.165) is 0 Å². The molecule has 0 bridgehead atoms. The van der Waals surface area contributed by atoms with Crippen LogP contribution in [-0.4, -0.2) is 47.4 Å². The normalized spacial score (nSPS) is 22.1. The van der Waals surface area contributed by atoms with Crippen LogP contribution in [0.4, 0.5) is 0 Å². The third-order valence-electron chi connectivity index (χ3n) is 2.04. The Bertz CT molecular complexity index is 277. The summed E-state index contributed by atoms with van der Waals surface area (Å²) in [5.41, 5.74) is 0. The van der Waals surface area contributed by atoms with Gasteiger partial charge in [-0.3, -0.25) is 14.4 Å². The van der Waals surface area contributed by atoms with E-state index < -0.39 is 12.0 Å². The van der Waals surface area contributed by atoms with Crippen molar-refractivity contribution in [2.24, 2.45) is 0 Å². The lowest BCUT2D eigenvalue weighted by Crippen LogP contribution is -2.56. The van der Waals surface area contributed by atoms with E-state index in [-0.39, 0.29) is 31.2 Å². The molecule has 1 atom stereocenters. The second-order valence-electron chi connectivity index (χ2n) is 3.25. The molecule has 0 saturated carbocycles. The summed E-state index contributed by atoms with van der Waals surface area (Å²) >= 11 is 0. The number of likely N-dealkylation sites (N-methyl/N-ethyl adjacent to an activating group) is 1. The Morgan fingerprint density at radius 1 is 1.64 bits per heavy atom. The van der Waals surface area contributed by atoms with E-state index in [9.17, 15) is 14.4 Å². The fraction of sp³-hybridized carbons (Fsp3) is 0.625. The van der Waals surface area contributed by atoms with Crippen LogP contribution in [0.15, 0.2) is 0 Å². The molecule has 2 N–H and O–H groups in total. The van der Waals surface area contributed by atoms with Crippen LogP contribution in [0.25, 0.3) is 0 Å². The average molecular weight is 200 g/mol. The quantitative estimate of drug-likeness (QED) is 0.599. The summed E-state index contributed by atoms with van der Waals surface area (Å²) in [6.45, 7) is 0.0441. The average Bonchev–Trinajstić information content (AvgIpc) is 2.08. The van der Waals surface area contributed by atoms with Crippen LogP contribution in [-0.2, 0) is 14.4 Å². The number of hydrogen-bond donors (Lipinski definition) is 2. The predicted molar refractivity (Wildman–Crippen MR) is 46.4 cm³/mol. The van der Waals surface area contributed by atoms with Crippen molar-refractivity contribution in [2.75, 3.05) is 13.6 Å². The molecule has 0 radical (unpaired) electrons. The first kappa shape index (κ1) is 10.5. The molecule has 6 heteroatoms. The molecule has 0 aromatic rings. The van der Waals surface area contributed by atoms with Crippen LogP contribution in [0.3, 0.4) is 0 Å². The topological polar surface area (TPSA) is 86.7 Å². The molecule has 0 spiro atoms. The Kier molecular flexibility index (Phi) is 3.06. The molecule has 6 nitrogen and oxygen atoms in total. The zero-order valence-corrected chi connectivity index (χ0v) is 7.82. The van der Waals surface area contributed by atoms with Crippen molar-refractivity contribution in [3.05, 3.63) is 0 Å². The Hall–Kier alpha value is -1.59. The number of piperazine rings is 1. The first-order valence-corrected chi connectivity index (χ1v) is 4.27. The number of carbonyl (C=O) groups is 3. The number of nitrogens with zero attached hydrogens (tertiary/aromatic N) is 1. The minimum absolute atomic E-state index is 0.0441. The van der Waals surface area contributed by atoms with E-state index >= 15 is 0 Å². The monoisotopic (exact) mass is 200 g/mol. The predicted octanol–water partition coefficient (Wildman–Crippen LogP) is -1.19. The molecule has 1 heterocycles. The highest BCUT2D eigenvalue weighted by atomic mass is 16.4. The van der Waals surface area contributed by atoms with Crippen molar-refractivity contribution in [1.82, 2.24) is 10.2 Å². The lowest BCUT2D eigenvalue weighted by molar-refractivity contribution is -0.144. The third-order valence-corrected chi connectivity index (χ3v) is 2.04. The van der Waals surface area contributed by atoms with Crippen molar-refractivity contribution < 1.29 is 19.5 Å². The van der Waals surface area contributed by atoms with Gasteiger partial charge >= 0.3 is 5.97 Å². The molecule has 0 aromatic carbocycles. The fourth-order valence-electron chi connectivity index (χ4n) is 1.32. The first-order valence-electron chi connectivity index (χ1n) is 4.27.